The minimum absolute atomic E-state index is 0.261. The normalized spacial score (nSPS) is 10.9. The fraction of sp³-hybridized carbons (Fsp3) is 0.250. The fourth-order valence-corrected chi connectivity index (χ4v) is 1.87. The second-order valence-electron chi connectivity index (χ2n) is 3.98. The molecule has 1 aromatic carbocycles. The topological polar surface area (TPSA) is 63.8 Å². The van der Waals surface area contributed by atoms with Gasteiger partial charge >= 0.3 is 0 Å². The summed E-state index contributed by atoms with van der Waals surface area (Å²) >= 11 is 0. The molecule has 0 atom stereocenters. The van der Waals surface area contributed by atoms with Crippen LogP contribution in [0.3, 0.4) is 0 Å². The molecule has 6 heteroatoms. The summed E-state index contributed by atoms with van der Waals surface area (Å²) in [5.74, 6) is -1.88. The highest BCUT2D eigenvalue weighted by molar-refractivity contribution is 5.35. The van der Waals surface area contributed by atoms with Crippen LogP contribution >= 0.6 is 0 Å². The Morgan fingerprint density at radius 2 is 2.06 bits per heavy atom. The molecule has 0 unspecified atom stereocenters. The van der Waals surface area contributed by atoms with Gasteiger partial charge in [-0.05, 0) is 32.0 Å². The summed E-state index contributed by atoms with van der Waals surface area (Å²) in [5, 5.41) is 2.58. The van der Waals surface area contributed by atoms with Crippen LogP contribution in [0.1, 0.15) is 11.3 Å². The molecule has 0 aliphatic rings. The second-order valence-corrected chi connectivity index (χ2v) is 3.98. The zero-order valence-electron chi connectivity index (χ0n) is 9.84. The van der Waals surface area contributed by atoms with Crippen LogP contribution in [-0.2, 0) is 6.42 Å². The summed E-state index contributed by atoms with van der Waals surface area (Å²) in [6, 6.07) is 3.45. The van der Waals surface area contributed by atoms with Gasteiger partial charge in [-0.25, -0.2) is 8.78 Å². The van der Waals surface area contributed by atoms with Gasteiger partial charge in [-0.15, -0.1) is 0 Å². The minimum Gasteiger partial charge on any atom is -0.330 e. The molecule has 1 aromatic heterocycles. The molecule has 0 radical (unpaired) electrons. The van der Waals surface area contributed by atoms with Crippen LogP contribution in [0.5, 0.6) is 0 Å². The Hall–Kier alpha value is -1.95. The second kappa shape index (κ2) is 4.73. The van der Waals surface area contributed by atoms with Crippen molar-refractivity contribution in [2.75, 3.05) is 6.54 Å². The van der Waals surface area contributed by atoms with E-state index in [9.17, 15) is 13.6 Å². The van der Waals surface area contributed by atoms with Gasteiger partial charge in [0, 0.05) is 17.3 Å². The molecule has 1 heterocycles. The molecule has 0 fully saturated rings. The van der Waals surface area contributed by atoms with E-state index in [1.54, 1.807) is 6.92 Å². The van der Waals surface area contributed by atoms with E-state index in [1.807, 2.05) is 0 Å². The molecule has 0 saturated heterocycles. The van der Waals surface area contributed by atoms with E-state index in [0.29, 0.717) is 29.9 Å². The molecule has 0 saturated carbocycles. The van der Waals surface area contributed by atoms with Gasteiger partial charge in [0.25, 0.3) is 5.56 Å². The highest BCUT2D eigenvalue weighted by Gasteiger charge is 2.12. The van der Waals surface area contributed by atoms with E-state index in [2.05, 4.69) is 5.10 Å². The maximum absolute atomic E-state index is 13.2. The zero-order chi connectivity index (χ0) is 13.3. The number of aromatic nitrogens is 2. The maximum Gasteiger partial charge on any atom is 0.267 e. The summed E-state index contributed by atoms with van der Waals surface area (Å²) in [6.45, 7) is 2.08. The Morgan fingerprint density at radius 1 is 1.33 bits per heavy atom. The number of aromatic amines is 1. The smallest absolute Gasteiger partial charge is 0.267 e. The number of nitrogens with one attached hydrogen (secondary N) is 1. The molecule has 0 amide bonds. The molecule has 96 valence electrons. The fourth-order valence-electron chi connectivity index (χ4n) is 1.87. The lowest BCUT2D eigenvalue weighted by Gasteiger charge is -2.06. The Labute approximate surface area is 102 Å². The molecule has 2 rings (SSSR count). The number of nitrogens with two attached hydrogens (primary N) is 1. The summed E-state index contributed by atoms with van der Waals surface area (Å²) in [5.41, 5.74) is 6.73. The molecule has 0 aliphatic carbocycles. The van der Waals surface area contributed by atoms with E-state index in [4.69, 9.17) is 5.73 Å². The summed E-state index contributed by atoms with van der Waals surface area (Å²) in [4.78, 5) is 11.7. The van der Waals surface area contributed by atoms with Gasteiger partial charge in [0.05, 0.1) is 5.69 Å². The number of halogens is 2. The van der Waals surface area contributed by atoms with E-state index < -0.39 is 11.6 Å². The molecular formula is C12H13F2N3O. The van der Waals surface area contributed by atoms with Crippen molar-refractivity contribution in [2.24, 2.45) is 5.73 Å². The van der Waals surface area contributed by atoms with Crippen molar-refractivity contribution in [1.29, 1.82) is 0 Å². The predicted molar refractivity (Wildman–Crippen MR) is 63.8 cm³/mol. The Bertz CT molecular complexity index is 631. The van der Waals surface area contributed by atoms with Gasteiger partial charge in [-0.2, -0.15) is 0 Å². The average molecular weight is 253 g/mol. The van der Waals surface area contributed by atoms with Crippen LogP contribution in [0.25, 0.3) is 5.69 Å². The predicted octanol–water partition coefficient (Wildman–Crippen LogP) is 1.25. The monoisotopic (exact) mass is 253 g/mol. The van der Waals surface area contributed by atoms with Crippen LogP contribution in [-0.4, -0.2) is 16.3 Å². The average Bonchev–Trinajstić information content (AvgIpc) is 2.61. The molecule has 4 nitrogen and oxygen atoms in total. The maximum atomic E-state index is 13.2. The quantitative estimate of drug-likeness (QED) is 0.864. The van der Waals surface area contributed by atoms with Crippen LogP contribution in [0.15, 0.2) is 23.0 Å². The number of hydrogen-bond donors (Lipinski definition) is 2. The van der Waals surface area contributed by atoms with E-state index in [0.717, 1.165) is 12.1 Å². The molecule has 0 aliphatic heterocycles. The van der Waals surface area contributed by atoms with Crippen molar-refractivity contribution in [1.82, 2.24) is 9.78 Å². The first-order chi connectivity index (χ1) is 8.54. The van der Waals surface area contributed by atoms with E-state index in [1.165, 1.54) is 10.7 Å². The lowest BCUT2D eigenvalue weighted by molar-refractivity contribution is 0.507. The third kappa shape index (κ3) is 2.06. The van der Waals surface area contributed by atoms with Crippen molar-refractivity contribution < 1.29 is 8.78 Å². The van der Waals surface area contributed by atoms with Crippen molar-refractivity contribution in [3.05, 3.63) is 51.4 Å². The lowest BCUT2D eigenvalue weighted by Crippen LogP contribution is -2.12. The third-order valence-corrected chi connectivity index (χ3v) is 2.82. The number of benzene rings is 1. The zero-order valence-corrected chi connectivity index (χ0v) is 9.84. The van der Waals surface area contributed by atoms with Crippen LogP contribution in [0, 0.1) is 18.6 Å². The Morgan fingerprint density at radius 3 is 2.67 bits per heavy atom. The van der Waals surface area contributed by atoms with Gasteiger partial charge < -0.3 is 5.73 Å². The summed E-state index contributed by atoms with van der Waals surface area (Å²) in [6.07, 6.45) is 0.442. The van der Waals surface area contributed by atoms with Crippen molar-refractivity contribution >= 4 is 0 Å². The van der Waals surface area contributed by atoms with Gasteiger partial charge in [0.2, 0.25) is 0 Å². The van der Waals surface area contributed by atoms with Gasteiger partial charge in [-0.1, -0.05) is 0 Å². The molecule has 18 heavy (non-hydrogen) atoms. The third-order valence-electron chi connectivity index (χ3n) is 2.82. The Kier molecular flexibility index (Phi) is 3.29. The van der Waals surface area contributed by atoms with Crippen molar-refractivity contribution in [3.8, 4) is 5.69 Å². The number of nitrogens with zero attached hydrogens (tertiary/aromatic N) is 1. The van der Waals surface area contributed by atoms with Crippen LogP contribution in [0.4, 0.5) is 8.78 Å². The van der Waals surface area contributed by atoms with Crippen molar-refractivity contribution in [2.45, 2.75) is 13.3 Å². The molecular weight excluding hydrogens is 240 g/mol. The van der Waals surface area contributed by atoms with E-state index >= 15 is 0 Å². The van der Waals surface area contributed by atoms with Gasteiger partial charge in [0.1, 0.15) is 0 Å². The highest BCUT2D eigenvalue weighted by atomic mass is 19.2. The first-order valence-electron chi connectivity index (χ1n) is 5.50. The summed E-state index contributed by atoms with van der Waals surface area (Å²) in [7, 11) is 0. The number of rotatable bonds is 3. The number of hydrogen-bond acceptors (Lipinski definition) is 2. The standard InChI is InChI=1S/C12H13F2N3O/c1-7-9(4-5-15)12(18)16-17(7)8-2-3-10(13)11(14)6-8/h2-3,6H,4-5,15H2,1H3,(H,16,18). The van der Waals surface area contributed by atoms with Gasteiger partial charge in [-0.3, -0.25) is 14.6 Å². The van der Waals surface area contributed by atoms with Crippen molar-refractivity contribution in [3.63, 3.8) is 0 Å². The lowest BCUT2D eigenvalue weighted by atomic mass is 10.2. The van der Waals surface area contributed by atoms with Gasteiger partial charge in [0.15, 0.2) is 11.6 Å². The summed E-state index contributed by atoms with van der Waals surface area (Å²) < 4.78 is 27.4. The number of H-pyrrole nitrogens is 1. The Balaban J connectivity index is 2.54. The first-order valence-corrected chi connectivity index (χ1v) is 5.50. The first kappa shape index (κ1) is 12.5. The molecule has 3 N–H and O–H groups in total. The molecule has 2 aromatic rings. The van der Waals surface area contributed by atoms with Crippen LogP contribution in [0.2, 0.25) is 0 Å². The highest BCUT2D eigenvalue weighted by Crippen LogP contribution is 2.15. The molecule has 0 spiro atoms. The van der Waals surface area contributed by atoms with Crippen LogP contribution < -0.4 is 11.3 Å². The van der Waals surface area contributed by atoms with E-state index in [-0.39, 0.29) is 5.56 Å². The molecule has 0 bridgehead atoms. The SMILES string of the molecule is Cc1c(CCN)c(=O)[nH]n1-c1ccc(F)c(F)c1. The minimum atomic E-state index is -0.957. The largest absolute Gasteiger partial charge is 0.330 e.